The molecule has 0 atom stereocenters. The second-order valence-electron chi connectivity index (χ2n) is 10.8. The van der Waals surface area contributed by atoms with E-state index in [4.69, 9.17) is 0 Å². The summed E-state index contributed by atoms with van der Waals surface area (Å²) in [5, 5.41) is 2.41. The first-order chi connectivity index (χ1) is 18.5. The van der Waals surface area contributed by atoms with E-state index >= 15 is 0 Å². The molecule has 0 radical (unpaired) electrons. The summed E-state index contributed by atoms with van der Waals surface area (Å²) in [6.07, 6.45) is 2.58. The Morgan fingerprint density at radius 1 is 0.658 bits per heavy atom. The maximum atomic E-state index is 12.5. The lowest BCUT2D eigenvalue weighted by Gasteiger charge is -2.42. The monoisotopic (exact) mass is 495 g/mol. The third kappa shape index (κ3) is 3.92. The van der Waals surface area contributed by atoms with Crippen LogP contribution in [0.25, 0.3) is 21.9 Å². The molecular formula is C36H33NO. The molecule has 6 rings (SSSR count). The minimum atomic E-state index is -0.0876. The van der Waals surface area contributed by atoms with E-state index in [-0.39, 0.29) is 11.2 Å². The largest absolute Gasteiger partial charge is 0.309 e. The lowest BCUT2D eigenvalue weighted by Crippen LogP contribution is -2.30. The van der Waals surface area contributed by atoms with Crippen LogP contribution in [-0.4, -0.2) is 5.78 Å². The number of Topliss-reactive ketones (excluding diaryl/α,β-unsaturated/α-hetero) is 1. The van der Waals surface area contributed by atoms with Gasteiger partial charge in [0, 0.05) is 22.8 Å². The van der Waals surface area contributed by atoms with Crippen LogP contribution in [0.4, 0.5) is 17.1 Å². The van der Waals surface area contributed by atoms with Gasteiger partial charge < -0.3 is 4.90 Å². The Labute approximate surface area is 225 Å². The summed E-state index contributed by atoms with van der Waals surface area (Å²) in [6, 6.07) is 38.9. The van der Waals surface area contributed by atoms with E-state index in [0.717, 1.165) is 24.0 Å². The van der Waals surface area contributed by atoms with Crippen molar-refractivity contribution < 1.29 is 4.79 Å². The summed E-state index contributed by atoms with van der Waals surface area (Å²) in [7, 11) is 0. The average molecular weight is 496 g/mol. The molecule has 38 heavy (non-hydrogen) atoms. The molecule has 0 aromatic heterocycles. The van der Waals surface area contributed by atoms with E-state index < -0.39 is 0 Å². The van der Waals surface area contributed by atoms with Crippen LogP contribution >= 0.6 is 0 Å². The Balaban J connectivity index is 1.50. The van der Waals surface area contributed by atoms with E-state index in [1.807, 2.05) is 12.1 Å². The van der Waals surface area contributed by atoms with Gasteiger partial charge in [0.05, 0.1) is 17.1 Å². The molecule has 0 saturated carbocycles. The van der Waals surface area contributed by atoms with Gasteiger partial charge in [0.15, 0.2) is 5.78 Å². The molecule has 0 fully saturated rings. The van der Waals surface area contributed by atoms with Crippen molar-refractivity contribution in [3.05, 3.63) is 126 Å². The lowest BCUT2D eigenvalue weighted by atomic mass is 9.73. The first kappa shape index (κ1) is 24.2. The van der Waals surface area contributed by atoms with Gasteiger partial charge in [-0.15, -0.1) is 0 Å². The van der Waals surface area contributed by atoms with Crippen LogP contribution in [0, 0.1) is 0 Å². The summed E-state index contributed by atoms with van der Waals surface area (Å²) in [4.78, 5) is 15.0. The fraction of sp³-hybridized carbons (Fsp3) is 0.194. The van der Waals surface area contributed by atoms with E-state index in [9.17, 15) is 4.79 Å². The van der Waals surface area contributed by atoms with Crippen molar-refractivity contribution in [2.24, 2.45) is 0 Å². The molecule has 1 aliphatic rings. The second-order valence-corrected chi connectivity index (χ2v) is 10.8. The highest BCUT2D eigenvalue weighted by atomic mass is 16.1. The molecular weight excluding hydrogens is 462 g/mol. The van der Waals surface area contributed by atoms with E-state index in [2.05, 4.69) is 123 Å². The molecule has 1 heterocycles. The maximum absolute atomic E-state index is 12.5. The number of hydrogen-bond donors (Lipinski definition) is 0. The van der Waals surface area contributed by atoms with Crippen LogP contribution < -0.4 is 4.90 Å². The van der Waals surface area contributed by atoms with Crippen molar-refractivity contribution in [2.75, 3.05) is 4.90 Å². The van der Waals surface area contributed by atoms with Gasteiger partial charge in [0.25, 0.3) is 0 Å². The molecule has 2 heteroatoms. The van der Waals surface area contributed by atoms with Gasteiger partial charge >= 0.3 is 0 Å². The third-order valence-corrected chi connectivity index (χ3v) is 8.05. The number of unbranched alkanes of at least 4 members (excludes halogenated alkanes) is 1. The van der Waals surface area contributed by atoms with Crippen LogP contribution in [0.3, 0.4) is 0 Å². The minimum Gasteiger partial charge on any atom is -0.309 e. The second kappa shape index (κ2) is 9.61. The first-order valence-corrected chi connectivity index (χ1v) is 13.6. The summed E-state index contributed by atoms with van der Waals surface area (Å²) in [6.45, 7) is 6.76. The fourth-order valence-corrected chi connectivity index (χ4v) is 5.98. The van der Waals surface area contributed by atoms with E-state index in [1.165, 1.54) is 44.5 Å². The minimum absolute atomic E-state index is 0.0876. The fourth-order valence-electron chi connectivity index (χ4n) is 5.98. The van der Waals surface area contributed by atoms with Crippen LogP contribution in [0.5, 0.6) is 0 Å². The van der Waals surface area contributed by atoms with Crippen molar-refractivity contribution >= 4 is 33.6 Å². The number of hydrogen-bond acceptors (Lipinski definition) is 2. The molecule has 0 amide bonds. The Morgan fingerprint density at radius 3 is 1.87 bits per heavy atom. The van der Waals surface area contributed by atoms with Crippen LogP contribution in [0.15, 0.2) is 109 Å². The standard InChI is InChI=1S/C36H33NO/c1-4-5-18-35(38)26-21-19-25(20-22-26)27-23-24-32(29-13-7-6-12-28(27)29)37-33-16-10-8-14-30(33)36(2,3)31-15-9-11-17-34(31)37/h6-17,19-24H,4-5,18H2,1-3H3. The summed E-state index contributed by atoms with van der Waals surface area (Å²) < 4.78 is 0. The third-order valence-electron chi connectivity index (χ3n) is 8.05. The van der Waals surface area contributed by atoms with Crippen molar-refractivity contribution in [2.45, 2.75) is 45.4 Å². The molecule has 1 aliphatic heterocycles. The number of benzene rings is 5. The molecule has 0 bridgehead atoms. The Morgan fingerprint density at radius 2 is 1.24 bits per heavy atom. The molecule has 188 valence electrons. The number of ketones is 1. The summed E-state index contributed by atoms with van der Waals surface area (Å²) in [5.74, 6) is 0.226. The highest BCUT2D eigenvalue weighted by Crippen LogP contribution is 2.53. The number of anilines is 3. The smallest absolute Gasteiger partial charge is 0.162 e. The number of para-hydroxylation sites is 2. The highest BCUT2D eigenvalue weighted by Gasteiger charge is 2.36. The molecule has 0 unspecified atom stereocenters. The zero-order valence-corrected chi connectivity index (χ0v) is 22.4. The molecule has 2 nitrogen and oxygen atoms in total. The van der Waals surface area contributed by atoms with Crippen LogP contribution in [0.2, 0.25) is 0 Å². The van der Waals surface area contributed by atoms with Gasteiger partial charge in [-0.3, -0.25) is 4.79 Å². The van der Waals surface area contributed by atoms with Crippen molar-refractivity contribution in [1.29, 1.82) is 0 Å². The molecule has 5 aromatic rings. The summed E-state index contributed by atoms with van der Waals surface area (Å²) in [5.41, 5.74) is 9.29. The van der Waals surface area contributed by atoms with Crippen molar-refractivity contribution in [1.82, 2.24) is 0 Å². The highest BCUT2D eigenvalue weighted by molar-refractivity contribution is 6.07. The van der Waals surface area contributed by atoms with Gasteiger partial charge in [0.1, 0.15) is 0 Å². The maximum Gasteiger partial charge on any atom is 0.162 e. The van der Waals surface area contributed by atoms with Crippen LogP contribution in [-0.2, 0) is 5.41 Å². The first-order valence-electron chi connectivity index (χ1n) is 13.6. The average Bonchev–Trinajstić information content (AvgIpc) is 2.96. The number of rotatable bonds is 6. The zero-order chi connectivity index (χ0) is 26.3. The van der Waals surface area contributed by atoms with Crippen molar-refractivity contribution in [3.8, 4) is 11.1 Å². The lowest BCUT2D eigenvalue weighted by molar-refractivity contribution is 0.0980. The van der Waals surface area contributed by atoms with Crippen molar-refractivity contribution in [3.63, 3.8) is 0 Å². The molecule has 0 N–H and O–H groups in total. The van der Waals surface area contributed by atoms with Gasteiger partial charge in [-0.1, -0.05) is 118 Å². The normalized spacial score (nSPS) is 13.7. The Kier molecular flexibility index (Phi) is 6.12. The molecule has 0 spiro atoms. The number of carbonyl (C=O) groups excluding carboxylic acids is 1. The van der Waals surface area contributed by atoms with Gasteiger partial charge in [0.2, 0.25) is 0 Å². The van der Waals surface area contributed by atoms with Crippen LogP contribution in [0.1, 0.15) is 61.5 Å². The quantitative estimate of drug-likeness (QED) is 0.218. The predicted octanol–water partition coefficient (Wildman–Crippen LogP) is 9.99. The van der Waals surface area contributed by atoms with Gasteiger partial charge in [-0.25, -0.2) is 0 Å². The number of carbonyl (C=O) groups is 1. The molecule has 0 aliphatic carbocycles. The summed E-state index contributed by atoms with van der Waals surface area (Å²) >= 11 is 0. The van der Waals surface area contributed by atoms with Gasteiger partial charge in [-0.2, -0.15) is 0 Å². The Hall–Kier alpha value is -4.17. The predicted molar refractivity (Wildman–Crippen MR) is 160 cm³/mol. The van der Waals surface area contributed by atoms with E-state index in [1.54, 1.807) is 0 Å². The Bertz CT molecular complexity index is 1600. The molecule has 0 saturated heterocycles. The topological polar surface area (TPSA) is 20.3 Å². The number of fused-ring (bicyclic) bond motifs is 3. The number of nitrogens with zero attached hydrogens (tertiary/aromatic N) is 1. The van der Waals surface area contributed by atoms with Gasteiger partial charge in [-0.05, 0) is 52.3 Å². The SMILES string of the molecule is CCCCC(=O)c1ccc(-c2ccc(N3c4ccccc4C(C)(C)c4ccccc43)c3ccccc23)cc1. The molecule has 5 aromatic carbocycles. The van der Waals surface area contributed by atoms with E-state index in [0.29, 0.717) is 6.42 Å². The zero-order valence-electron chi connectivity index (χ0n) is 22.4.